The molecule has 1 unspecified atom stereocenters. The number of hydrogen-bond donors (Lipinski definition) is 3. The van der Waals surface area contributed by atoms with Crippen LogP contribution in [0.3, 0.4) is 0 Å². The highest BCUT2D eigenvalue weighted by atomic mass is 16.5. The van der Waals surface area contributed by atoms with Crippen molar-refractivity contribution in [1.82, 2.24) is 5.48 Å². The summed E-state index contributed by atoms with van der Waals surface area (Å²) in [5.74, 6) is 0.136. The Hall–Kier alpha value is -2.90. The van der Waals surface area contributed by atoms with Crippen LogP contribution in [0.4, 0.5) is 0 Å². The third-order valence-electron chi connectivity index (χ3n) is 3.49. The van der Waals surface area contributed by atoms with E-state index in [-0.39, 0.29) is 6.10 Å². The van der Waals surface area contributed by atoms with Gasteiger partial charge in [-0.15, -0.1) is 0 Å². The lowest BCUT2D eigenvalue weighted by Crippen LogP contribution is -2.35. The number of nitrogens with two attached hydrogens (primary N) is 1. The number of ether oxygens (including phenoxy) is 2. The van der Waals surface area contributed by atoms with E-state index in [4.69, 9.17) is 20.4 Å². The van der Waals surface area contributed by atoms with E-state index in [1.54, 1.807) is 43.6 Å². The standard InChI is InChI=1S/C19H22N2O5/c1-12(2)25-19(23)17(20)11-13-3-7-15(8-4-13)26-16-9-5-14(6-10-16)18(22)21-24/h3-10,12,17,24H,11,20H2,1-2H3,(H,21,22). The lowest BCUT2D eigenvalue weighted by atomic mass is 10.1. The van der Waals surface area contributed by atoms with Gasteiger partial charge in [-0.2, -0.15) is 0 Å². The molecule has 2 aromatic carbocycles. The molecule has 7 nitrogen and oxygen atoms in total. The summed E-state index contributed by atoms with van der Waals surface area (Å²) in [5.41, 5.74) is 8.63. The average molecular weight is 358 g/mol. The Morgan fingerprint density at radius 2 is 1.58 bits per heavy atom. The van der Waals surface area contributed by atoms with E-state index in [1.807, 2.05) is 12.1 Å². The van der Waals surface area contributed by atoms with E-state index >= 15 is 0 Å². The van der Waals surface area contributed by atoms with E-state index < -0.39 is 17.9 Å². The molecule has 0 saturated heterocycles. The van der Waals surface area contributed by atoms with Crippen molar-refractivity contribution in [3.8, 4) is 11.5 Å². The van der Waals surface area contributed by atoms with Gasteiger partial charge < -0.3 is 15.2 Å². The second-order valence-corrected chi connectivity index (χ2v) is 6.01. The SMILES string of the molecule is CC(C)OC(=O)C(N)Cc1ccc(Oc2ccc(C(=O)NO)cc2)cc1. The van der Waals surface area contributed by atoms with Crippen LogP contribution in [0.25, 0.3) is 0 Å². The third kappa shape index (κ3) is 5.58. The Bertz CT molecular complexity index is 742. The van der Waals surface area contributed by atoms with Gasteiger partial charge in [-0.05, 0) is 62.2 Å². The summed E-state index contributed by atoms with van der Waals surface area (Å²) in [7, 11) is 0. The van der Waals surface area contributed by atoms with Crippen molar-refractivity contribution < 1.29 is 24.3 Å². The molecule has 0 radical (unpaired) electrons. The van der Waals surface area contributed by atoms with E-state index in [1.165, 1.54) is 12.1 Å². The van der Waals surface area contributed by atoms with Crippen LogP contribution in [0.15, 0.2) is 48.5 Å². The van der Waals surface area contributed by atoms with E-state index in [2.05, 4.69) is 0 Å². The molecule has 0 aliphatic rings. The van der Waals surface area contributed by atoms with Gasteiger partial charge >= 0.3 is 5.97 Å². The summed E-state index contributed by atoms with van der Waals surface area (Å²) in [6, 6.07) is 12.8. The predicted molar refractivity (Wildman–Crippen MR) is 95.1 cm³/mol. The lowest BCUT2D eigenvalue weighted by molar-refractivity contribution is -0.148. The molecule has 0 saturated carbocycles. The van der Waals surface area contributed by atoms with Crippen molar-refractivity contribution in [2.45, 2.75) is 32.4 Å². The maximum atomic E-state index is 11.7. The number of carbonyl (C=O) groups is 2. The summed E-state index contributed by atoms with van der Waals surface area (Å²) in [5, 5.41) is 8.59. The van der Waals surface area contributed by atoms with Crippen LogP contribution < -0.4 is 16.0 Å². The van der Waals surface area contributed by atoms with Gasteiger partial charge in [-0.1, -0.05) is 12.1 Å². The van der Waals surface area contributed by atoms with Crippen molar-refractivity contribution in [2.75, 3.05) is 0 Å². The zero-order chi connectivity index (χ0) is 19.1. The Kier molecular flexibility index (Phi) is 6.71. The minimum Gasteiger partial charge on any atom is -0.462 e. The van der Waals surface area contributed by atoms with Crippen LogP contribution in [0.2, 0.25) is 0 Å². The number of benzene rings is 2. The van der Waals surface area contributed by atoms with Crippen molar-refractivity contribution in [3.63, 3.8) is 0 Å². The minimum absolute atomic E-state index is 0.195. The highest BCUT2D eigenvalue weighted by Gasteiger charge is 2.16. The normalized spacial score (nSPS) is 11.7. The Balaban J connectivity index is 1.95. The monoisotopic (exact) mass is 358 g/mol. The van der Waals surface area contributed by atoms with Gasteiger partial charge in [0.25, 0.3) is 5.91 Å². The number of rotatable bonds is 7. The molecule has 4 N–H and O–H groups in total. The first-order valence-electron chi connectivity index (χ1n) is 8.16. The summed E-state index contributed by atoms with van der Waals surface area (Å²) >= 11 is 0. The zero-order valence-electron chi connectivity index (χ0n) is 14.6. The number of amides is 1. The van der Waals surface area contributed by atoms with E-state index in [0.717, 1.165) is 5.56 Å². The largest absolute Gasteiger partial charge is 0.462 e. The summed E-state index contributed by atoms with van der Waals surface area (Å²) in [6.07, 6.45) is 0.177. The van der Waals surface area contributed by atoms with Crippen LogP contribution in [0.5, 0.6) is 11.5 Å². The molecule has 7 heteroatoms. The topological polar surface area (TPSA) is 111 Å². The van der Waals surface area contributed by atoms with E-state index in [9.17, 15) is 9.59 Å². The van der Waals surface area contributed by atoms with Crippen LogP contribution in [-0.4, -0.2) is 29.2 Å². The first-order valence-corrected chi connectivity index (χ1v) is 8.16. The van der Waals surface area contributed by atoms with Crippen LogP contribution in [0, 0.1) is 0 Å². The highest BCUT2D eigenvalue weighted by Crippen LogP contribution is 2.22. The van der Waals surface area contributed by atoms with Gasteiger partial charge in [-0.25, -0.2) is 5.48 Å². The zero-order valence-corrected chi connectivity index (χ0v) is 14.6. The molecular weight excluding hydrogens is 336 g/mol. The molecule has 1 atom stereocenters. The quantitative estimate of drug-likeness (QED) is 0.398. The number of carbonyl (C=O) groups excluding carboxylic acids is 2. The van der Waals surface area contributed by atoms with Gasteiger partial charge in [0.1, 0.15) is 17.5 Å². The number of hydrogen-bond acceptors (Lipinski definition) is 6. The molecule has 0 aromatic heterocycles. The Morgan fingerprint density at radius 1 is 1.04 bits per heavy atom. The number of hydroxylamine groups is 1. The van der Waals surface area contributed by atoms with Crippen LogP contribution in [0.1, 0.15) is 29.8 Å². The van der Waals surface area contributed by atoms with Crippen LogP contribution >= 0.6 is 0 Å². The molecule has 138 valence electrons. The second kappa shape index (κ2) is 8.98. The smallest absolute Gasteiger partial charge is 0.323 e. The highest BCUT2D eigenvalue weighted by molar-refractivity contribution is 5.93. The van der Waals surface area contributed by atoms with Gasteiger partial charge in [-0.3, -0.25) is 14.8 Å². The molecule has 0 spiro atoms. The Morgan fingerprint density at radius 3 is 2.08 bits per heavy atom. The minimum atomic E-state index is -0.714. The van der Waals surface area contributed by atoms with Crippen molar-refractivity contribution >= 4 is 11.9 Å². The molecular formula is C19H22N2O5. The van der Waals surface area contributed by atoms with Gasteiger partial charge in [0, 0.05) is 5.56 Å². The van der Waals surface area contributed by atoms with Gasteiger partial charge in [0.2, 0.25) is 0 Å². The molecule has 2 aromatic rings. The van der Waals surface area contributed by atoms with Crippen molar-refractivity contribution in [1.29, 1.82) is 0 Å². The fourth-order valence-electron chi connectivity index (χ4n) is 2.23. The number of esters is 1. The maximum Gasteiger partial charge on any atom is 0.323 e. The molecule has 0 heterocycles. The summed E-state index contributed by atoms with van der Waals surface area (Å²) in [4.78, 5) is 23.0. The molecule has 0 bridgehead atoms. The third-order valence-corrected chi connectivity index (χ3v) is 3.49. The molecule has 1 amide bonds. The molecule has 0 aliphatic carbocycles. The second-order valence-electron chi connectivity index (χ2n) is 6.01. The van der Waals surface area contributed by atoms with Gasteiger partial charge in [0.15, 0.2) is 0 Å². The maximum absolute atomic E-state index is 11.7. The Labute approximate surface area is 151 Å². The van der Waals surface area contributed by atoms with Gasteiger partial charge in [0.05, 0.1) is 6.10 Å². The first-order chi connectivity index (χ1) is 12.4. The predicted octanol–water partition coefficient (Wildman–Crippen LogP) is 2.42. The molecule has 26 heavy (non-hydrogen) atoms. The molecule has 0 aliphatic heterocycles. The van der Waals surface area contributed by atoms with Crippen molar-refractivity contribution in [2.24, 2.45) is 5.73 Å². The van der Waals surface area contributed by atoms with Crippen LogP contribution in [-0.2, 0) is 16.0 Å². The molecule has 0 fully saturated rings. The summed E-state index contributed by atoms with van der Waals surface area (Å²) < 4.78 is 10.8. The van der Waals surface area contributed by atoms with Crippen molar-refractivity contribution in [3.05, 3.63) is 59.7 Å². The summed E-state index contributed by atoms with van der Waals surface area (Å²) in [6.45, 7) is 3.55. The fraction of sp³-hybridized carbons (Fsp3) is 0.263. The average Bonchev–Trinajstić information content (AvgIpc) is 2.62. The van der Waals surface area contributed by atoms with E-state index in [0.29, 0.717) is 23.5 Å². The first kappa shape index (κ1) is 19.4. The number of nitrogens with one attached hydrogen (secondary N) is 1. The lowest BCUT2D eigenvalue weighted by Gasteiger charge is -2.14. The fourth-order valence-corrected chi connectivity index (χ4v) is 2.23. The molecule has 2 rings (SSSR count).